The minimum Gasteiger partial charge on any atom is -0.378 e. The van der Waals surface area contributed by atoms with Crippen molar-refractivity contribution in [3.63, 3.8) is 0 Å². The molecule has 0 amide bonds. The van der Waals surface area contributed by atoms with Crippen molar-refractivity contribution >= 4 is 0 Å². The first kappa shape index (κ1) is 14.3. The van der Waals surface area contributed by atoms with E-state index in [0.717, 1.165) is 25.7 Å². The maximum absolute atomic E-state index is 6.40. The van der Waals surface area contributed by atoms with Crippen LogP contribution in [-0.2, 0) is 4.74 Å². The average Bonchev–Trinajstić information content (AvgIpc) is 2.41. The highest BCUT2D eigenvalue weighted by atomic mass is 16.5. The molecule has 3 heteroatoms. The number of hydrogen-bond donors (Lipinski definition) is 1. The molecule has 1 aliphatic heterocycles. The molecule has 1 aliphatic carbocycles. The number of hydrogen-bond acceptors (Lipinski definition) is 3. The van der Waals surface area contributed by atoms with Gasteiger partial charge in [0.1, 0.15) is 0 Å². The summed E-state index contributed by atoms with van der Waals surface area (Å²) in [4.78, 5) is 2.66. The molecule has 18 heavy (non-hydrogen) atoms. The lowest BCUT2D eigenvalue weighted by molar-refractivity contribution is -0.0464. The molecule has 0 spiro atoms. The Bertz CT molecular complexity index is 247. The first-order valence-corrected chi connectivity index (χ1v) is 7.85. The molecule has 3 nitrogen and oxygen atoms in total. The second-order valence-corrected chi connectivity index (χ2v) is 6.07. The minimum atomic E-state index is 0.380. The molecule has 1 saturated heterocycles. The fourth-order valence-corrected chi connectivity index (χ4v) is 3.76. The van der Waals surface area contributed by atoms with E-state index in [1.165, 1.54) is 38.5 Å². The monoisotopic (exact) mass is 254 g/mol. The zero-order valence-corrected chi connectivity index (χ0v) is 12.1. The smallest absolute Gasteiger partial charge is 0.0622 e. The van der Waals surface area contributed by atoms with E-state index < -0.39 is 0 Å². The summed E-state index contributed by atoms with van der Waals surface area (Å²) in [7, 11) is 0. The predicted octanol–water partition coefficient (Wildman–Crippen LogP) is 2.39. The van der Waals surface area contributed by atoms with Gasteiger partial charge in [0.2, 0.25) is 0 Å². The van der Waals surface area contributed by atoms with Crippen LogP contribution in [0.2, 0.25) is 0 Å². The van der Waals surface area contributed by atoms with Crippen LogP contribution >= 0.6 is 0 Å². The van der Waals surface area contributed by atoms with Crippen molar-refractivity contribution in [2.75, 3.05) is 19.8 Å². The molecular weight excluding hydrogens is 224 g/mol. The summed E-state index contributed by atoms with van der Waals surface area (Å²) in [6.45, 7) is 7.43. The Kier molecular flexibility index (Phi) is 5.46. The summed E-state index contributed by atoms with van der Waals surface area (Å²) >= 11 is 0. The van der Waals surface area contributed by atoms with E-state index in [4.69, 9.17) is 10.5 Å². The summed E-state index contributed by atoms with van der Waals surface area (Å²) in [6, 6.07) is 1.57. The van der Waals surface area contributed by atoms with Crippen molar-refractivity contribution in [1.82, 2.24) is 4.90 Å². The third kappa shape index (κ3) is 3.25. The van der Waals surface area contributed by atoms with Gasteiger partial charge in [0.05, 0.1) is 13.2 Å². The highest BCUT2D eigenvalue weighted by Gasteiger charge is 2.36. The molecule has 0 aromatic rings. The van der Waals surface area contributed by atoms with Crippen LogP contribution < -0.4 is 5.73 Å². The van der Waals surface area contributed by atoms with Gasteiger partial charge >= 0.3 is 0 Å². The Labute approximate surface area is 112 Å². The number of morpholine rings is 1. The molecule has 0 radical (unpaired) electrons. The summed E-state index contributed by atoms with van der Waals surface area (Å²) in [5.74, 6) is 0.903. The van der Waals surface area contributed by atoms with Crippen molar-refractivity contribution < 1.29 is 4.74 Å². The van der Waals surface area contributed by atoms with Gasteiger partial charge in [-0.25, -0.2) is 0 Å². The molecule has 1 heterocycles. The molecule has 0 bridgehead atoms. The summed E-state index contributed by atoms with van der Waals surface area (Å²) in [5.41, 5.74) is 6.40. The van der Waals surface area contributed by atoms with E-state index in [1.54, 1.807) is 0 Å². The third-order valence-electron chi connectivity index (χ3n) is 4.84. The number of ether oxygens (including phenoxy) is 1. The van der Waals surface area contributed by atoms with Crippen LogP contribution in [0.5, 0.6) is 0 Å². The normalized spacial score (nSPS) is 38.8. The molecule has 0 aromatic heterocycles. The van der Waals surface area contributed by atoms with E-state index >= 15 is 0 Å². The van der Waals surface area contributed by atoms with Crippen LogP contribution in [0.25, 0.3) is 0 Å². The molecular formula is C15H30N2O. The molecule has 2 fully saturated rings. The van der Waals surface area contributed by atoms with E-state index in [9.17, 15) is 0 Å². The van der Waals surface area contributed by atoms with Crippen LogP contribution in [0.4, 0.5) is 0 Å². The molecule has 2 N–H and O–H groups in total. The standard InChI is InChI=1S/C15H30N2O/c1-3-5-12-6-7-14(16)15(10-12)17-8-9-18-11-13(17)4-2/h12-15H,3-11,16H2,1-2H3. The fourth-order valence-electron chi connectivity index (χ4n) is 3.76. The molecule has 0 aromatic carbocycles. The fraction of sp³-hybridized carbons (Fsp3) is 1.00. The first-order chi connectivity index (χ1) is 8.76. The first-order valence-electron chi connectivity index (χ1n) is 7.85. The molecule has 2 rings (SSSR count). The number of nitrogens with two attached hydrogens (primary N) is 1. The zero-order chi connectivity index (χ0) is 13.0. The summed E-state index contributed by atoms with van der Waals surface area (Å²) in [6.07, 6.45) is 7.74. The van der Waals surface area contributed by atoms with Crippen molar-refractivity contribution in [3.8, 4) is 0 Å². The van der Waals surface area contributed by atoms with Crippen LogP contribution in [0, 0.1) is 5.92 Å². The third-order valence-corrected chi connectivity index (χ3v) is 4.84. The van der Waals surface area contributed by atoms with Gasteiger partial charge in [-0.05, 0) is 31.6 Å². The van der Waals surface area contributed by atoms with E-state index in [2.05, 4.69) is 18.7 Å². The van der Waals surface area contributed by atoms with Gasteiger partial charge < -0.3 is 10.5 Å². The van der Waals surface area contributed by atoms with Gasteiger partial charge in [-0.3, -0.25) is 4.90 Å². The van der Waals surface area contributed by atoms with E-state index in [-0.39, 0.29) is 0 Å². The largest absolute Gasteiger partial charge is 0.378 e. The zero-order valence-electron chi connectivity index (χ0n) is 12.1. The summed E-state index contributed by atoms with van der Waals surface area (Å²) < 4.78 is 5.62. The average molecular weight is 254 g/mol. The van der Waals surface area contributed by atoms with Gasteiger partial charge in [-0.1, -0.05) is 26.7 Å². The number of rotatable bonds is 4. The molecule has 1 saturated carbocycles. The van der Waals surface area contributed by atoms with Crippen LogP contribution in [-0.4, -0.2) is 42.8 Å². The molecule has 4 unspecified atom stereocenters. The van der Waals surface area contributed by atoms with Gasteiger partial charge in [-0.15, -0.1) is 0 Å². The summed E-state index contributed by atoms with van der Waals surface area (Å²) in [5, 5.41) is 0. The highest BCUT2D eigenvalue weighted by molar-refractivity contribution is 4.92. The maximum Gasteiger partial charge on any atom is 0.0622 e. The van der Waals surface area contributed by atoms with Crippen LogP contribution in [0.3, 0.4) is 0 Å². The van der Waals surface area contributed by atoms with Crippen molar-refractivity contribution in [1.29, 1.82) is 0 Å². The quantitative estimate of drug-likeness (QED) is 0.837. The number of nitrogens with zero attached hydrogens (tertiary/aromatic N) is 1. The van der Waals surface area contributed by atoms with Crippen LogP contribution in [0.1, 0.15) is 52.4 Å². The lowest BCUT2D eigenvalue weighted by Crippen LogP contribution is -2.58. The Balaban J connectivity index is 1.99. The van der Waals surface area contributed by atoms with Crippen molar-refractivity contribution in [3.05, 3.63) is 0 Å². The van der Waals surface area contributed by atoms with E-state index in [1.807, 2.05) is 0 Å². The van der Waals surface area contributed by atoms with Gasteiger partial charge in [0.15, 0.2) is 0 Å². The Morgan fingerprint density at radius 1 is 1.28 bits per heavy atom. The lowest BCUT2D eigenvalue weighted by Gasteiger charge is -2.46. The highest BCUT2D eigenvalue weighted by Crippen LogP contribution is 2.32. The van der Waals surface area contributed by atoms with Crippen molar-refractivity contribution in [2.24, 2.45) is 11.7 Å². The van der Waals surface area contributed by atoms with E-state index in [0.29, 0.717) is 18.1 Å². The maximum atomic E-state index is 6.40. The lowest BCUT2D eigenvalue weighted by atomic mass is 9.79. The topological polar surface area (TPSA) is 38.5 Å². The van der Waals surface area contributed by atoms with Gasteiger partial charge in [-0.2, -0.15) is 0 Å². The molecule has 106 valence electrons. The van der Waals surface area contributed by atoms with Crippen LogP contribution in [0.15, 0.2) is 0 Å². The predicted molar refractivity (Wildman–Crippen MR) is 75.6 cm³/mol. The van der Waals surface area contributed by atoms with Gasteiger partial charge in [0, 0.05) is 24.7 Å². The minimum absolute atomic E-state index is 0.380. The second kappa shape index (κ2) is 6.88. The molecule has 4 atom stereocenters. The second-order valence-electron chi connectivity index (χ2n) is 6.07. The molecule has 2 aliphatic rings. The Morgan fingerprint density at radius 3 is 2.83 bits per heavy atom. The SMILES string of the molecule is CCCC1CCC(N)C(N2CCOCC2CC)C1. The Morgan fingerprint density at radius 2 is 2.11 bits per heavy atom. The Hall–Kier alpha value is -0.120. The van der Waals surface area contributed by atoms with Gasteiger partial charge in [0.25, 0.3) is 0 Å². The van der Waals surface area contributed by atoms with Crippen molar-refractivity contribution in [2.45, 2.75) is 70.5 Å².